The number of aliphatic imine (C=N–C) groups is 1. The number of carbonyl (C=O) groups excluding carboxylic acids is 2. The third kappa shape index (κ3) is 6.97. The number of halogens is 1. The number of amides is 2. The molecule has 3 saturated heterocycles. The third-order valence-corrected chi connectivity index (χ3v) is 12.2. The van der Waals surface area contributed by atoms with Gasteiger partial charge in [-0.3, -0.25) is 19.5 Å². The fourth-order valence-corrected chi connectivity index (χ4v) is 9.96. The van der Waals surface area contributed by atoms with E-state index in [0.717, 1.165) is 71.1 Å². The van der Waals surface area contributed by atoms with Gasteiger partial charge in [-0.15, -0.1) is 0 Å². The van der Waals surface area contributed by atoms with Crippen LogP contribution in [0.5, 0.6) is 0 Å². The number of piperidine rings is 1. The van der Waals surface area contributed by atoms with E-state index in [0.29, 0.717) is 31.2 Å². The van der Waals surface area contributed by atoms with Gasteiger partial charge < -0.3 is 27.0 Å². The van der Waals surface area contributed by atoms with Gasteiger partial charge >= 0.3 is 0 Å². The van der Waals surface area contributed by atoms with E-state index in [1.807, 2.05) is 0 Å². The van der Waals surface area contributed by atoms with E-state index >= 15 is 0 Å². The summed E-state index contributed by atoms with van der Waals surface area (Å²) >= 11 is 0. The van der Waals surface area contributed by atoms with Gasteiger partial charge in [-0.05, 0) is 62.3 Å². The van der Waals surface area contributed by atoms with Crippen LogP contribution < -0.4 is 22.1 Å². The SMILES string of the molecule is NC(N)C(C(=O)NC1CNCC(C2CCCCC2)C1N1CCN2C(=O)CC[C@@H]2C1)C1CC2(CCCCC2)CCC(F)/C=N\1. The Labute approximate surface area is 257 Å². The number of fused-ring (bicyclic) bond motifs is 1. The molecule has 4 aliphatic heterocycles. The number of nitrogens with two attached hydrogens (primary N) is 2. The molecule has 10 heteroatoms. The summed E-state index contributed by atoms with van der Waals surface area (Å²) in [7, 11) is 0. The predicted octanol–water partition coefficient (Wildman–Crippen LogP) is 2.72. The summed E-state index contributed by atoms with van der Waals surface area (Å²) in [5.41, 5.74) is 12.8. The average molecular weight is 602 g/mol. The molecule has 2 amide bonds. The van der Waals surface area contributed by atoms with E-state index in [1.54, 1.807) is 0 Å². The number of nitrogens with zero attached hydrogens (tertiary/aromatic N) is 3. The van der Waals surface area contributed by atoms with Crippen molar-refractivity contribution in [1.82, 2.24) is 20.4 Å². The van der Waals surface area contributed by atoms with Crippen molar-refractivity contribution in [3.8, 4) is 0 Å². The van der Waals surface area contributed by atoms with Crippen molar-refractivity contribution in [3.05, 3.63) is 0 Å². The lowest BCUT2D eigenvalue weighted by Crippen LogP contribution is -2.69. The highest BCUT2D eigenvalue weighted by Crippen LogP contribution is 2.46. The maximum absolute atomic E-state index is 14.8. The highest BCUT2D eigenvalue weighted by atomic mass is 19.1. The first-order chi connectivity index (χ1) is 20.8. The van der Waals surface area contributed by atoms with Crippen LogP contribution in [0.3, 0.4) is 0 Å². The average Bonchev–Trinajstić information content (AvgIpc) is 3.38. The maximum atomic E-state index is 14.8. The Kier molecular flexibility index (Phi) is 10.1. The van der Waals surface area contributed by atoms with Crippen LogP contribution in [0.4, 0.5) is 4.39 Å². The van der Waals surface area contributed by atoms with E-state index in [-0.39, 0.29) is 35.4 Å². The molecule has 0 radical (unpaired) electrons. The lowest BCUT2D eigenvalue weighted by Gasteiger charge is -2.52. The largest absolute Gasteiger partial charge is 0.350 e. The van der Waals surface area contributed by atoms with Crippen LogP contribution in [0.25, 0.3) is 0 Å². The molecule has 1 spiro atoms. The molecule has 0 bridgehead atoms. The van der Waals surface area contributed by atoms with Crippen LogP contribution in [-0.2, 0) is 9.59 Å². The number of alkyl halides is 1. The molecule has 0 aromatic carbocycles. The predicted molar refractivity (Wildman–Crippen MR) is 167 cm³/mol. The van der Waals surface area contributed by atoms with Gasteiger partial charge in [-0.1, -0.05) is 51.4 Å². The molecule has 242 valence electrons. The van der Waals surface area contributed by atoms with Gasteiger partial charge in [0.1, 0.15) is 6.17 Å². The number of rotatable bonds is 6. The van der Waals surface area contributed by atoms with Crippen LogP contribution in [0.15, 0.2) is 4.99 Å². The van der Waals surface area contributed by atoms with E-state index < -0.39 is 24.3 Å². The van der Waals surface area contributed by atoms with Gasteiger partial charge in [0.25, 0.3) is 0 Å². The first-order valence-electron chi connectivity index (χ1n) is 17.6. The van der Waals surface area contributed by atoms with Gasteiger partial charge in [-0.2, -0.15) is 0 Å². The number of hydrogen-bond acceptors (Lipinski definition) is 7. The molecule has 6 N–H and O–H groups in total. The molecular weight excluding hydrogens is 545 g/mol. The molecule has 9 nitrogen and oxygen atoms in total. The molecule has 5 fully saturated rings. The first kappa shape index (κ1) is 31.4. The van der Waals surface area contributed by atoms with E-state index in [2.05, 4.69) is 20.4 Å². The second-order valence-corrected chi connectivity index (χ2v) is 14.9. The summed E-state index contributed by atoms with van der Waals surface area (Å²) in [4.78, 5) is 36.1. The zero-order chi connectivity index (χ0) is 30.0. The first-order valence-corrected chi connectivity index (χ1v) is 17.6. The molecule has 2 aliphatic carbocycles. The minimum absolute atomic E-state index is 0.0117. The lowest BCUT2D eigenvalue weighted by atomic mass is 9.65. The van der Waals surface area contributed by atoms with Crippen molar-refractivity contribution < 1.29 is 14.0 Å². The molecule has 6 rings (SSSR count). The fourth-order valence-electron chi connectivity index (χ4n) is 9.96. The molecule has 0 aromatic heterocycles. The summed E-state index contributed by atoms with van der Waals surface area (Å²) < 4.78 is 14.8. The Bertz CT molecular complexity index is 998. The van der Waals surface area contributed by atoms with Gasteiger partial charge in [-0.25, -0.2) is 4.39 Å². The van der Waals surface area contributed by atoms with Crippen LogP contribution in [0.1, 0.15) is 96.3 Å². The second-order valence-electron chi connectivity index (χ2n) is 14.9. The second kappa shape index (κ2) is 13.8. The van der Waals surface area contributed by atoms with Crippen molar-refractivity contribution in [1.29, 1.82) is 0 Å². The van der Waals surface area contributed by atoms with E-state index in [9.17, 15) is 14.0 Å². The van der Waals surface area contributed by atoms with E-state index in [4.69, 9.17) is 16.5 Å². The monoisotopic (exact) mass is 601 g/mol. The van der Waals surface area contributed by atoms with Gasteiger partial charge in [0.2, 0.25) is 11.8 Å². The summed E-state index contributed by atoms with van der Waals surface area (Å²) in [5, 5.41) is 7.15. The molecule has 43 heavy (non-hydrogen) atoms. The topological polar surface area (TPSA) is 129 Å². The van der Waals surface area contributed by atoms with E-state index in [1.165, 1.54) is 44.7 Å². The Morgan fingerprint density at radius 3 is 2.56 bits per heavy atom. The van der Waals surface area contributed by atoms with Crippen molar-refractivity contribution in [2.45, 2.75) is 133 Å². The number of carbonyl (C=O) groups is 2. The van der Waals surface area contributed by atoms with Gasteiger partial charge in [0.15, 0.2) is 0 Å². The summed E-state index contributed by atoms with van der Waals surface area (Å²) in [6, 6.07) is -0.0436. The summed E-state index contributed by atoms with van der Waals surface area (Å²) in [6.45, 7) is 4.14. The van der Waals surface area contributed by atoms with Crippen LogP contribution in [0.2, 0.25) is 0 Å². The smallest absolute Gasteiger partial charge is 0.228 e. The molecule has 4 heterocycles. The highest BCUT2D eigenvalue weighted by Gasteiger charge is 2.47. The fraction of sp³-hybridized carbons (Fsp3) is 0.909. The van der Waals surface area contributed by atoms with Crippen LogP contribution >= 0.6 is 0 Å². The van der Waals surface area contributed by atoms with Crippen molar-refractivity contribution in [2.24, 2.45) is 39.6 Å². The molecule has 2 saturated carbocycles. The molecule has 0 aromatic rings. The number of hydrogen-bond donors (Lipinski definition) is 4. The minimum Gasteiger partial charge on any atom is -0.350 e. The van der Waals surface area contributed by atoms with Crippen LogP contribution in [0, 0.1) is 23.2 Å². The number of nitrogens with one attached hydrogen (secondary N) is 2. The zero-order valence-electron chi connectivity index (χ0n) is 26.1. The Morgan fingerprint density at radius 2 is 1.79 bits per heavy atom. The summed E-state index contributed by atoms with van der Waals surface area (Å²) in [6.07, 6.45) is 15.1. The molecule has 7 atom stereocenters. The van der Waals surface area contributed by atoms with Crippen molar-refractivity contribution in [2.75, 3.05) is 32.7 Å². The highest BCUT2D eigenvalue weighted by molar-refractivity contribution is 5.81. The van der Waals surface area contributed by atoms with Gasteiger partial charge in [0, 0.05) is 50.9 Å². The maximum Gasteiger partial charge on any atom is 0.228 e. The molecular formula is C33H56FN7O2. The summed E-state index contributed by atoms with van der Waals surface area (Å²) in [5.74, 6) is 0.500. The Morgan fingerprint density at radius 1 is 1.02 bits per heavy atom. The van der Waals surface area contributed by atoms with Crippen molar-refractivity contribution >= 4 is 18.0 Å². The lowest BCUT2D eigenvalue weighted by molar-refractivity contribution is -0.132. The van der Waals surface area contributed by atoms with Gasteiger partial charge in [0.05, 0.1) is 24.2 Å². The molecule has 6 aliphatic rings. The minimum atomic E-state index is -1.09. The van der Waals surface area contributed by atoms with Crippen LogP contribution in [-0.4, -0.2) is 97.1 Å². The third-order valence-electron chi connectivity index (χ3n) is 12.2. The molecule has 6 unspecified atom stereocenters. The Balaban J connectivity index is 1.23. The zero-order valence-corrected chi connectivity index (χ0v) is 26.1. The normalized spacial score (nSPS) is 37.5. The standard InChI is InChI=1S/C33H56FN7O2/c34-23-11-14-33(12-5-2-6-13-33)17-26(38-18-23)29(31(35)36)32(43)39-27-20-37-19-25(22-7-3-1-4-8-22)30(27)40-15-16-41-24(21-40)9-10-28(41)42/h18,22-27,29-31,37H,1-17,19-21,35-36H2,(H,39,43)/b38-18-/t23?,24-,25?,26?,27?,29?,30?/m1/s1. The van der Waals surface area contributed by atoms with Crippen molar-refractivity contribution in [3.63, 3.8) is 0 Å². The Hall–Kier alpha value is -1.62. The quantitative estimate of drug-likeness (QED) is 0.347. The number of piperazine rings is 1.